The van der Waals surface area contributed by atoms with Gasteiger partial charge in [0, 0.05) is 6.42 Å². The second-order valence-electron chi connectivity index (χ2n) is 14.7. The zero-order valence-corrected chi connectivity index (χ0v) is 36.6. The zero-order valence-electron chi connectivity index (χ0n) is 35.8. The Morgan fingerprint density at radius 1 is 0.469 bits per heavy atom. The van der Waals surface area contributed by atoms with E-state index in [0.29, 0.717) is 5.56 Å². The fourth-order valence-electron chi connectivity index (χ4n) is 5.92. The summed E-state index contributed by atoms with van der Waals surface area (Å²) < 4.78 is 21.6. The predicted octanol–water partition coefficient (Wildman–Crippen LogP) is 4.71. The van der Waals surface area contributed by atoms with E-state index in [-0.39, 0.29) is 70.9 Å². The summed E-state index contributed by atoms with van der Waals surface area (Å²) in [7, 11) is 0. The highest BCUT2D eigenvalue weighted by Gasteiger charge is 2.31. The van der Waals surface area contributed by atoms with Crippen LogP contribution in [0.15, 0.2) is 121 Å². The molecule has 0 fully saturated rings. The number of alkyl carbamates (subject to hydrolysis) is 1. The summed E-state index contributed by atoms with van der Waals surface area (Å²) >= 11 is 0. The summed E-state index contributed by atoms with van der Waals surface area (Å²) in [6, 6.07) is 29.7. The fraction of sp³-hybridized carbons (Fsp3) is 0.340. The van der Waals surface area contributed by atoms with Crippen molar-refractivity contribution in [1.29, 1.82) is 0 Å². The summed E-state index contributed by atoms with van der Waals surface area (Å²) in [5.74, 6) is -4.46. The van der Waals surface area contributed by atoms with E-state index in [9.17, 15) is 33.6 Å². The van der Waals surface area contributed by atoms with E-state index < -0.39 is 71.9 Å². The highest BCUT2D eigenvalue weighted by Crippen LogP contribution is 2.13. The first-order chi connectivity index (χ1) is 30.4. The molecule has 17 heteroatoms. The van der Waals surface area contributed by atoms with Crippen LogP contribution in [-0.4, -0.2) is 71.9 Å². The maximum Gasteiger partial charge on any atom is 0.408 e. The molecule has 5 atom stereocenters. The third kappa shape index (κ3) is 19.1. The molecule has 0 heterocycles. The van der Waals surface area contributed by atoms with Gasteiger partial charge < -0.3 is 45.9 Å². The Hall–Kier alpha value is -6.78. The van der Waals surface area contributed by atoms with Gasteiger partial charge in [0.05, 0.1) is 6.04 Å². The molecule has 4 amide bonds. The van der Waals surface area contributed by atoms with Crippen molar-refractivity contribution in [2.24, 2.45) is 5.73 Å². The normalized spacial score (nSPS) is 12.9. The van der Waals surface area contributed by atoms with Crippen LogP contribution in [0.5, 0.6) is 0 Å². The van der Waals surface area contributed by atoms with Crippen molar-refractivity contribution in [1.82, 2.24) is 21.3 Å². The van der Waals surface area contributed by atoms with Crippen molar-refractivity contribution in [3.05, 3.63) is 144 Å². The van der Waals surface area contributed by atoms with E-state index in [1.165, 1.54) is 13.8 Å². The minimum atomic E-state index is -1.35. The van der Waals surface area contributed by atoms with Crippen LogP contribution in [0.1, 0.15) is 68.2 Å². The molecule has 0 aliphatic heterocycles. The minimum absolute atomic E-state index is 0. The number of halogens is 1. The van der Waals surface area contributed by atoms with E-state index in [2.05, 4.69) is 21.3 Å². The van der Waals surface area contributed by atoms with Gasteiger partial charge in [0.1, 0.15) is 50.6 Å². The molecule has 16 nitrogen and oxygen atoms in total. The van der Waals surface area contributed by atoms with Crippen LogP contribution in [-0.2, 0) is 74.1 Å². The first-order valence-corrected chi connectivity index (χ1v) is 20.6. The first kappa shape index (κ1) is 51.6. The van der Waals surface area contributed by atoms with Crippen molar-refractivity contribution in [3.63, 3.8) is 0 Å². The lowest BCUT2D eigenvalue weighted by Crippen LogP contribution is -2.56. The number of amides is 4. The van der Waals surface area contributed by atoms with Gasteiger partial charge in [0.25, 0.3) is 0 Å². The molecule has 4 aromatic carbocycles. The number of carbonyl (C=O) groups excluding carboxylic acids is 7. The van der Waals surface area contributed by atoms with Crippen molar-refractivity contribution < 1.29 is 52.5 Å². The standard InChI is InChI=1S/C47H55N5O11.ClH/c1-32(48)42(54)50-39(26-27-41(53)60-28-34-16-7-3-8-17-34)44(56)51-38(43(55)49-33(2)45(57)61-29-35-18-9-4-10-19-35)24-15-25-40(46(58)62-30-36-20-11-5-12-21-36)52-47(59)63-31-37-22-13-6-14-23-37;/h3-14,16-23,32-33,38-40H,15,24-31,48H2,1-2H3,(H,49,55)(H,50,54)(H,51,56)(H,52,59);1H/t32-,33+,38-,39+,40+;/m0./s1. The molecule has 6 N–H and O–H groups in total. The molecule has 342 valence electrons. The Bertz CT molecular complexity index is 2080. The predicted molar refractivity (Wildman–Crippen MR) is 238 cm³/mol. The first-order valence-electron chi connectivity index (χ1n) is 20.6. The summed E-state index contributed by atoms with van der Waals surface area (Å²) in [5, 5.41) is 10.3. The van der Waals surface area contributed by atoms with Gasteiger partial charge in [-0.2, -0.15) is 0 Å². The third-order valence-corrected chi connectivity index (χ3v) is 9.49. The highest BCUT2D eigenvalue weighted by molar-refractivity contribution is 5.94. The second-order valence-corrected chi connectivity index (χ2v) is 14.7. The lowest BCUT2D eigenvalue weighted by atomic mass is 10.0. The van der Waals surface area contributed by atoms with Crippen molar-refractivity contribution in [2.75, 3.05) is 0 Å². The molecule has 0 unspecified atom stereocenters. The van der Waals surface area contributed by atoms with Crippen molar-refractivity contribution >= 4 is 54.1 Å². The molecule has 0 saturated heterocycles. The zero-order chi connectivity index (χ0) is 45.4. The molecule has 0 spiro atoms. The van der Waals surface area contributed by atoms with E-state index in [4.69, 9.17) is 24.7 Å². The average molecular weight is 902 g/mol. The van der Waals surface area contributed by atoms with E-state index in [1.807, 2.05) is 24.3 Å². The molecule has 0 saturated carbocycles. The smallest absolute Gasteiger partial charge is 0.408 e. The molecular formula is C47H56ClN5O11. The largest absolute Gasteiger partial charge is 0.461 e. The summed E-state index contributed by atoms with van der Waals surface area (Å²) in [4.78, 5) is 92.5. The molecule has 0 radical (unpaired) electrons. The lowest BCUT2D eigenvalue weighted by Gasteiger charge is -2.25. The van der Waals surface area contributed by atoms with Gasteiger partial charge in [-0.3, -0.25) is 19.2 Å². The van der Waals surface area contributed by atoms with Gasteiger partial charge >= 0.3 is 24.0 Å². The second kappa shape index (κ2) is 28.0. The maximum atomic E-state index is 13.9. The number of hydrogen-bond acceptors (Lipinski definition) is 12. The minimum Gasteiger partial charge on any atom is -0.461 e. The van der Waals surface area contributed by atoms with Crippen LogP contribution in [0, 0.1) is 0 Å². The molecule has 0 aromatic heterocycles. The third-order valence-electron chi connectivity index (χ3n) is 9.49. The number of rotatable bonds is 24. The molecular weight excluding hydrogens is 846 g/mol. The topological polar surface area (TPSA) is 231 Å². The van der Waals surface area contributed by atoms with Crippen molar-refractivity contribution in [3.8, 4) is 0 Å². The molecule has 0 aliphatic carbocycles. The number of esters is 3. The highest BCUT2D eigenvalue weighted by atomic mass is 35.5. The maximum absolute atomic E-state index is 13.9. The van der Waals surface area contributed by atoms with Gasteiger partial charge in [0.15, 0.2) is 0 Å². The van der Waals surface area contributed by atoms with Crippen LogP contribution in [0.3, 0.4) is 0 Å². The average Bonchev–Trinajstić information content (AvgIpc) is 3.30. The van der Waals surface area contributed by atoms with Crippen LogP contribution in [0.25, 0.3) is 0 Å². The monoisotopic (exact) mass is 901 g/mol. The Labute approximate surface area is 378 Å². The lowest BCUT2D eigenvalue weighted by molar-refractivity contribution is -0.149. The SMILES string of the molecule is C[C@H](N)C(=O)N[C@H](CCC(=O)OCc1ccccc1)C(=O)N[C@@H](CCC[C@@H](NC(=O)OCc1ccccc1)C(=O)OCc1ccccc1)C(=O)N[C@H](C)C(=O)OCc1ccccc1.Cl. The van der Waals surface area contributed by atoms with Crippen LogP contribution in [0.2, 0.25) is 0 Å². The van der Waals surface area contributed by atoms with Crippen LogP contribution >= 0.6 is 12.4 Å². The molecule has 4 rings (SSSR count). The Kier molecular flexibility index (Phi) is 22.6. The molecule has 0 bridgehead atoms. The number of hydrogen-bond donors (Lipinski definition) is 5. The van der Waals surface area contributed by atoms with Gasteiger partial charge in [-0.15, -0.1) is 12.4 Å². The number of nitrogens with one attached hydrogen (secondary N) is 4. The number of nitrogens with two attached hydrogens (primary N) is 1. The number of benzene rings is 4. The Balaban J connectivity index is 0.0000109. The summed E-state index contributed by atoms with van der Waals surface area (Å²) in [6.45, 7) is 2.64. The quantitative estimate of drug-likeness (QED) is 0.0476. The van der Waals surface area contributed by atoms with Gasteiger partial charge in [-0.05, 0) is 61.8 Å². The van der Waals surface area contributed by atoms with E-state index in [1.54, 1.807) is 97.1 Å². The fourth-order valence-corrected chi connectivity index (χ4v) is 5.92. The number of ether oxygens (including phenoxy) is 4. The van der Waals surface area contributed by atoms with E-state index in [0.717, 1.165) is 16.7 Å². The Morgan fingerprint density at radius 2 is 0.859 bits per heavy atom. The van der Waals surface area contributed by atoms with Crippen molar-refractivity contribution in [2.45, 2.75) is 103 Å². The van der Waals surface area contributed by atoms with Gasteiger partial charge in [0.2, 0.25) is 17.7 Å². The Morgan fingerprint density at radius 3 is 1.34 bits per heavy atom. The summed E-state index contributed by atoms with van der Waals surface area (Å²) in [5.41, 5.74) is 8.70. The number of carbonyl (C=O) groups is 7. The molecule has 4 aromatic rings. The molecule has 64 heavy (non-hydrogen) atoms. The van der Waals surface area contributed by atoms with E-state index >= 15 is 0 Å². The summed E-state index contributed by atoms with van der Waals surface area (Å²) in [6.07, 6.45) is -1.53. The van der Waals surface area contributed by atoms with Gasteiger partial charge in [-0.1, -0.05) is 121 Å². The molecule has 0 aliphatic rings. The van der Waals surface area contributed by atoms with Gasteiger partial charge in [-0.25, -0.2) is 14.4 Å². The van der Waals surface area contributed by atoms with Crippen LogP contribution < -0.4 is 27.0 Å². The van der Waals surface area contributed by atoms with Crippen LogP contribution in [0.4, 0.5) is 4.79 Å².